The molecule has 0 aliphatic heterocycles. The quantitative estimate of drug-likeness (QED) is 0.339. The number of hydrogen-bond acceptors (Lipinski definition) is 2. The van der Waals surface area contributed by atoms with Gasteiger partial charge in [0.2, 0.25) is 0 Å². The van der Waals surface area contributed by atoms with Crippen molar-refractivity contribution in [2.45, 2.75) is 6.54 Å². The number of aryl methyl sites for hydroxylation is 1. The summed E-state index contributed by atoms with van der Waals surface area (Å²) < 4.78 is 4.36. The van der Waals surface area contributed by atoms with Crippen LogP contribution in [0.4, 0.5) is 0 Å². The van der Waals surface area contributed by atoms with Crippen LogP contribution in [0.3, 0.4) is 0 Å². The second-order valence-electron chi connectivity index (χ2n) is 8.12. The van der Waals surface area contributed by atoms with Crippen LogP contribution in [-0.2, 0) is 13.6 Å². The van der Waals surface area contributed by atoms with Gasteiger partial charge in [-0.15, -0.1) is 0 Å². The summed E-state index contributed by atoms with van der Waals surface area (Å²) in [5.41, 5.74) is 9.06. The number of benzene rings is 4. The van der Waals surface area contributed by atoms with Crippen LogP contribution in [0, 0.1) is 0 Å². The Kier molecular flexibility index (Phi) is 4.36. The maximum atomic E-state index is 4.86. The van der Waals surface area contributed by atoms with Gasteiger partial charge in [-0.1, -0.05) is 66.7 Å². The van der Waals surface area contributed by atoms with Crippen molar-refractivity contribution >= 4 is 22.1 Å². The molecule has 6 aromatic rings. The van der Waals surface area contributed by atoms with Gasteiger partial charge in [-0.2, -0.15) is 0 Å². The summed E-state index contributed by atoms with van der Waals surface area (Å²) >= 11 is 0. The van der Waals surface area contributed by atoms with Gasteiger partial charge in [-0.3, -0.25) is 0 Å². The minimum Gasteiger partial charge on any atom is -0.327 e. The molecule has 0 aliphatic rings. The van der Waals surface area contributed by atoms with Crippen molar-refractivity contribution in [2.24, 2.45) is 7.05 Å². The van der Waals surface area contributed by atoms with Crippen LogP contribution >= 0.6 is 0 Å². The Hall–Kier alpha value is -4.18. The molecular weight excluding hydrogens is 392 g/mol. The van der Waals surface area contributed by atoms with Crippen molar-refractivity contribution in [2.75, 3.05) is 0 Å². The summed E-state index contributed by atoms with van der Waals surface area (Å²) in [4.78, 5) is 9.47. The van der Waals surface area contributed by atoms with Crippen LogP contribution in [-0.4, -0.2) is 19.1 Å². The highest BCUT2D eigenvalue weighted by Gasteiger charge is 2.12. The monoisotopic (exact) mass is 414 g/mol. The zero-order valence-electron chi connectivity index (χ0n) is 17.8. The molecular formula is C28H22N4. The third-order valence-corrected chi connectivity index (χ3v) is 6.08. The number of nitrogens with zero attached hydrogens (tertiary/aromatic N) is 4. The average Bonchev–Trinajstić information content (AvgIpc) is 3.41. The number of aromatic nitrogens is 4. The van der Waals surface area contributed by atoms with Gasteiger partial charge in [-0.25, -0.2) is 9.97 Å². The SMILES string of the molecule is Cn1c(-c2ccc3ncn(Cc4ccc(-c5ccccc5)cc4)c3c2)nc2ccccc21. The first-order chi connectivity index (χ1) is 15.8. The lowest BCUT2D eigenvalue weighted by molar-refractivity contribution is 0.824. The van der Waals surface area contributed by atoms with Gasteiger partial charge in [0.05, 0.1) is 28.4 Å². The van der Waals surface area contributed by atoms with E-state index in [-0.39, 0.29) is 0 Å². The summed E-state index contributed by atoms with van der Waals surface area (Å²) in [6.07, 6.45) is 1.93. The summed E-state index contributed by atoms with van der Waals surface area (Å²) in [6.45, 7) is 0.775. The van der Waals surface area contributed by atoms with E-state index in [1.807, 2.05) is 18.5 Å². The molecule has 4 aromatic carbocycles. The van der Waals surface area contributed by atoms with Gasteiger partial charge in [0.25, 0.3) is 0 Å². The Bertz CT molecular complexity index is 1540. The zero-order chi connectivity index (χ0) is 21.5. The fraction of sp³-hybridized carbons (Fsp3) is 0.0714. The molecule has 0 amide bonds. The predicted molar refractivity (Wildman–Crippen MR) is 130 cm³/mol. The van der Waals surface area contributed by atoms with E-state index < -0.39 is 0 Å². The lowest BCUT2D eigenvalue weighted by atomic mass is 10.0. The molecule has 32 heavy (non-hydrogen) atoms. The molecule has 0 radical (unpaired) electrons. The fourth-order valence-electron chi connectivity index (χ4n) is 4.36. The number of imidazole rings is 2. The normalized spacial score (nSPS) is 11.4. The Morgan fingerprint density at radius 3 is 2.19 bits per heavy atom. The number of rotatable bonds is 4. The van der Waals surface area contributed by atoms with Crippen LogP contribution in [0.1, 0.15) is 5.56 Å². The van der Waals surface area contributed by atoms with E-state index in [1.165, 1.54) is 16.7 Å². The second-order valence-corrected chi connectivity index (χ2v) is 8.12. The maximum Gasteiger partial charge on any atom is 0.140 e. The summed E-state index contributed by atoms with van der Waals surface area (Å²) in [5.74, 6) is 0.966. The van der Waals surface area contributed by atoms with Crippen LogP contribution in [0.25, 0.3) is 44.6 Å². The molecule has 2 aromatic heterocycles. The first-order valence-electron chi connectivity index (χ1n) is 10.8. The van der Waals surface area contributed by atoms with Gasteiger partial charge in [0.1, 0.15) is 5.82 Å². The van der Waals surface area contributed by atoms with Crippen LogP contribution in [0.5, 0.6) is 0 Å². The van der Waals surface area contributed by atoms with E-state index in [9.17, 15) is 0 Å². The minimum absolute atomic E-state index is 0.775. The standard InChI is InChI=1S/C28H22N4/c1-31-26-10-6-5-9-25(26)30-28(31)23-15-16-24-27(17-23)32(19-29-24)18-20-11-13-22(14-12-20)21-7-3-2-4-8-21/h2-17,19H,18H2,1H3. The molecule has 4 heteroatoms. The Labute approximate surface area is 186 Å². The number of fused-ring (bicyclic) bond motifs is 2. The molecule has 0 spiro atoms. The molecule has 154 valence electrons. The molecule has 0 unspecified atom stereocenters. The predicted octanol–water partition coefficient (Wildman–Crippen LogP) is 6.31. The lowest BCUT2D eigenvalue weighted by Gasteiger charge is -2.08. The summed E-state index contributed by atoms with van der Waals surface area (Å²) in [7, 11) is 2.07. The highest BCUT2D eigenvalue weighted by atomic mass is 15.1. The Morgan fingerprint density at radius 2 is 1.38 bits per heavy atom. The number of hydrogen-bond donors (Lipinski definition) is 0. The molecule has 0 saturated carbocycles. The van der Waals surface area contributed by atoms with Crippen molar-refractivity contribution in [3.8, 4) is 22.5 Å². The first-order valence-corrected chi connectivity index (χ1v) is 10.8. The molecule has 0 aliphatic carbocycles. The highest BCUT2D eigenvalue weighted by molar-refractivity contribution is 5.85. The van der Waals surface area contributed by atoms with Crippen molar-refractivity contribution in [3.63, 3.8) is 0 Å². The highest BCUT2D eigenvalue weighted by Crippen LogP contribution is 2.27. The van der Waals surface area contributed by atoms with Gasteiger partial charge in [0.15, 0.2) is 0 Å². The second kappa shape index (κ2) is 7.50. The third kappa shape index (κ3) is 3.17. The Morgan fingerprint density at radius 1 is 0.656 bits per heavy atom. The molecule has 0 N–H and O–H groups in total. The van der Waals surface area contributed by atoms with Gasteiger partial charge in [0, 0.05) is 19.2 Å². The summed E-state index contributed by atoms with van der Waals surface area (Å²) in [6, 6.07) is 33.9. The lowest BCUT2D eigenvalue weighted by Crippen LogP contribution is -1.98. The molecule has 0 atom stereocenters. The number of para-hydroxylation sites is 2. The van der Waals surface area contributed by atoms with E-state index in [1.54, 1.807) is 0 Å². The van der Waals surface area contributed by atoms with Crippen molar-refractivity contribution < 1.29 is 0 Å². The average molecular weight is 415 g/mol. The maximum absolute atomic E-state index is 4.86. The summed E-state index contributed by atoms with van der Waals surface area (Å²) in [5, 5.41) is 0. The molecule has 4 nitrogen and oxygen atoms in total. The zero-order valence-corrected chi connectivity index (χ0v) is 17.8. The molecule has 2 heterocycles. The topological polar surface area (TPSA) is 35.6 Å². The molecule has 6 rings (SSSR count). The first kappa shape index (κ1) is 18.6. The van der Waals surface area contributed by atoms with E-state index in [2.05, 4.69) is 106 Å². The molecule has 0 bridgehead atoms. The minimum atomic E-state index is 0.775. The Balaban J connectivity index is 1.34. The largest absolute Gasteiger partial charge is 0.327 e. The van der Waals surface area contributed by atoms with Crippen molar-refractivity contribution in [3.05, 3.63) is 109 Å². The van der Waals surface area contributed by atoms with Crippen molar-refractivity contribution in [1.29, 1.82) is 0 Å². The molecule has 0 fully saturated rings. The van der Waals surface area contributed by atoms with Crippen LogP contribution in [0.2, 0.25) is 0 Å². The van der Waals surface area contributed by atoms with E-state index in [4.69, 9.17) is 4.98 Å². The smallest absolute Gasteiger partial charge is 0.140 e. The van der Waals surface area contributed by atoms with Gasteiger partial charge < -0.3 is 9.13 Å². The van der Waals surface area contributed by atoms with Crippen LogP contribution < -0.4 is 0 Å². The molecule has 0 saturated heterocycles. The van der Waals surface area contributed by atoms with E-state index in [0.29, 0.717) is 0 Å². The van der Waals surface area contributed by atoms with E-state index in [0.717, 1.165) is 40.0 Å². The fourth-order valence-corrected chi connectivity index (χ4v) is 4.36. The van der Waals surface area contributed by atoms with E-state index >= 15 is 0 Å². The van der Waals surface area contributed by atoms with Gasteiger partial charge >= 0.3 is 0 Å². The van der Waals surface area contributed by atoms with Crippen LogP contribution in [0.15, 0.2) is 103 Å². The van der Waals surface area contributed by atoms with Crippen molar-refractivity contribution in [1.82, 2.24) is 19.1 Å². The third-order valence-electron chi connectivity index (χ3n) is 6.08. The van der Waals surface area contributed by atoms with Gasteiger partial charge in [-0.05, 0) is 47.0 Å².